The van der Waals surface area contributed by atoms with Gasteiger partial charge in [0, 0.05) is 12.6 Å². The molecule has 4 nitrogen and oxygen atoms in total. The van der Waals surface area contributed by atoms with E-state index in [0.717, 1.165) is 18.8 Å². The fraction of sp³-hybridized carbons (Fsp3) is 0.429. The van der Waals surface area contributed by atoms with Crippen LogP contribution in [0.4, 0.5) is 11.8 Å². The predicted octanol–water partition coefficient (Wildman–Crippen LogP) is 1.64. The lowest BCUT2D eigenvalue weighted by Crippen LogP contribution is -2.04. The van der Waals surface area contributed by atoms with E-state index < -0.39 is 0 Å². The van der Waals surface area contributed by atoms with Crippen LogP contribution in [0.1, 0.15) is 13.3 Å². The van der Waals surface area contributed by atoms with Gasteiger partial charge in [-0.25, -0.2) is 4.98 Å². The Morgan fingerprint density at radius 2 is 2.33 bits per heavy atom. The Bertz CT molecular complexity index is 243. The van der Waals surface area contributed by atoms with Crippen LogP contribution in [0.15, 0.2) is 10.7 Å². The molecular weight excluding hydrogens is 220 g/mol. The van der Waals surface area contributed by atoms with E-state index in [-0.39, 0.29) is 5.95 Å². The summed E-state index contributed by atoms with van der Waals surface area (Å²) in [5.74, 6) is 1.04. The molecule has 0 fully saturated rings. The van der Waals surface area contributed by atoms with E-state index in [1.807, 2.05) is 0 Å². The molecule has 0 radical (unpaired) electrons. The van der Waals surface area contributed by atoms with Crippen molar-refractivity contribution in [3.63, 3.8) is 0 Å². The molecule has 0 aromatic carbocycles. The van der Waals surface area contributed by atoms with Gasteiger partial charge in [-0.1, -0.05) is 6.92 Å². The molecule has 5 heteroatoms. The Morgan fingerprint density at radius 1 is 1.58 bits per heavy atom. The molecule has 0 amide bonds. The SMILES string of the molecule is CCCNc1cc(Br)nc(N)n1. The zero-order valence-corrected chi connectivity index (χ0v) is 8.43. The third-order valence-electron chi connectivity index (χ3n) is 1.27. The molecule has 0 bridgehead atoms. The lowest BCUT2D eigenvalue weighted by atomic mass is 10.4. The van der Waals surface area contributed by atoms with Gasteiger partial charge in [0.25, 0.3) is 0 Å². The molecule has 0 unspecified atom stereocenters. The summed E-state index contributed by atoms with van der Waals surface area (Å²) in [4.78, 5) is 7.88. The summed E-state index contributed by atoms with van der Waals surface area (Å²) in [7, 11) is 0. The Balaban J connectivity index is 2.72. The smallest absolute Gasteiger partial charge is 0.223 e. The highest BCUT2D eigenvalue weighted by atomic mass is 79.9. The van der Waals surface area contributed by atoms with Gasteiger partial charge in [0.15, 0.2) is 0 Å². The van der Waals surface area contributed by atoms with Crippen molar-refractivity contribution >= 4 is 27.7 Å². The monoisotopic (exact) mass is 230 g/mol. The number of hydrogen-bond acceptors (Lipinski definition) is 4. The average Bonchev–Trinajstić information content (AvgIpc) is 1.99. The number of nitrogens with one attached hydrogen (secondary N) is 1. The molecule has 0 saturated heterocycles. The molecule has 0 saturated carbocycles. The maximum Gasteiger partial charge on any atom is 0.223 e. The number of nitrogens with two attached hydrogens (primary N) is 1. The minimum absolute atomic E-state index is 0.281. The van der Waals surface area contributed by atoms with Crippen molar-refractivity contribution in [1.82, 2.24) is 9.97 Å². The fourth-order valence-electron chi connectivity index (χ4n) is 0.779. The van der Waals surface area contributed by atoms with Crippen molar-refractivity contribution < 1.29 is 0 Å². The number of halogens is 1. The molecule has 0 atom stereocenters. The topological polar surface area (TPSA) is 63.8 Å². The second kappa shape index (κ2) is 4.25. The standard InChI is InChI=1S/C7H11BrN4/c1-2-3-10-6-4-5(8)11-7(9)12-6/h4H,2-3H2,1H3,(H3,9,10,11,12). The molecule has 3 N–H and O–H groups in total. The highest BCUT2D eigenvalue weighted by Gasteiger charge is 1.97. The summed E-state index contributed by atoms with van der Waals surface area (Å²) in [6.07, 6.45) is 1.06. The summed E-state index contributed by atoms with van der Waals surface area (Å²) in [6, 6.07) is 1.80. The number of nitrogens with zero attached hydrogens (tertiary/aromatic N) is 2. The van der Waals surface area contributed by atoms with E-state index in [1.165, 1.54) is 0 Å². The number of anilines is 2. The van der Waals surface area contributed by atoms with Crippen LogP contribution in [0.5, 0.6) is 0 Å². The second-order valence-corrected chi connectivity index (χ2v) is 3.17. The van der Waals surface area contributed by atoms with Gasteiger partial charge in [0.1, 0.15) is 10.4 Å². The molecule has 66 valence electrons. The van der Waals surface area contributed by atoms with Gasteiger partial charge < -0.3 is 11.1 Å². The quantitative estimate of drug-likeness (QED) is 0.776. The molecule has 1 heterocycles. The van der Waals surface area contributed by atoms with Gasteiger partial charge in [-0.05, 0) is 22.4 Å². The Labute approximate surface area is 79.7 Å². The van der Waals surface area contributed by atoms with Crippen molar-refractivity contribution in [2.45, 2.75) is 13.3 Å². The highest BCUT2D eigenvalue weighted by Crippen LogP contribution is 2.12. The van der Waals surface area contributed by atoms with Gasteiger partial charge >= 0.3 is 0 Å². The van der Waals surface area contributed by atoms with Gasteiger partial charge in [-0.15, -0.1) is 0 Å². The third kappa shape index (κ3) is 2.65. The fourth-order valence-corrected chi connectivity index (χ4v) is 1.18. The van der Waals surface area contributed by atoms with E-state index >= 15 is 0 Å². The van der Waals surface area contributed by atoms with Crippen LogP contribution in [0.3, 0.4) is 0 Å². The molecular formula is C7H11BrN4. The molecule has 0 spiro atoms. The summed E-state index contributed by atoms with van der Waals surface area (Å²) < 4.78 is 0.702. The first-order chi connectivity index (χ1) is 5.72. The highest BCUT2D eigenvalue weighted by molar-refractivity contribution is 9.10. The zero-order valence-electron chi connectivity index (χ0n) is 6.84. The first-order valence-electron chi connectivity index (χ1n) is 3.76. The molecule has 1 aromatic rings. The van der Waals surface area contributed by atoms with E-state index in [2.05, 4.69) is 38.1 Å². The Hall–Kier alpha value is -0.840. The molecule has 0 aliphatic rings. The van der Waals surface area contributed by atoms with E-state index in [4.69, 9.17) is 5.73 Å². The van der Waals surface area contributed by atoms with Gasteiger partial charge in [0.05, 0.1) is 0 Å². The van der Waals surface area contributed by atoms with E-state index in [9.17, 15) is 0 Å². The van der Waals surface area contributed by atoms with Crippen LogP contribution in [0.2, 0.25) is 0 Å². The van der Waals surface area contributed by atoms with E-state index in [0.29, 0.717) is 4.60 Å². The Kier molecular flexibility index (Phi) is 3.28. The lowest BCUT2D eigenvalue weighted by molar-refractivity contribution is 0.965. The molecule has 12 heavy (non-hydrogen) atoms. The van der Waals surface area contributed by atoms with Crippen LogP contribution < -0.4 is 11.1 Å². The number of aromatic nitrogens is 2. The normalized spacial score (nSPS) is 9.83. The first-order valence-corrected chi connectivity index (χ1v) is 4.55. The minimum atomic E-state index is 0.281. The van der Waals surface area contributed by atoms with Crippen molar-refractivity contribution in [3.8, 4) is 0 Å². The third-order valence-corrected chi connectivity index (χ3v) is 1.67. The van der Waals surface area contributed by atoms with Crippen molar-refractivity contribution in [2.75, 3.05) is 17.6 Å². The summed E-state index contributed by atoms with van der Waals surface area (Å²) in [5, 5.41) is 3.11. The number of hydrogen-bond donors (Lipinski definition) is 2. The summed E-state index contributed by atoms with van der Waals surface area (Å²) >= 11 is 3.23. The van der Waals surface area contributed by atoms with Crippen molar-refractivity contribution in [2.24, 2.45) is 0 Å². The van der Waals surface area contributed by atoms with Crippen LogP contribution in [-0.4, -0.2) is 16.5 Å². The first kappa shape index (κ1) is 9.25. The van der Waals surface area contributed by atoms with Crippen LogP contribution in [-0.2, 0) is 0 Å². The largest absolute Gasteiger partial charge is 0.370 e. The van der Waals surface area contributed by atoms with Gasteiger partial charge in [-0.2, -0.15) is 4.98 Å². The van der Waals surface area contributed by atoms with E-state index in [1.54, 1.807) is 6.07 Å². The average molecular weight is 231 g/mol. The predicted molar refractivity (Wildman–Crippen MR) is 52.9 cm³/mol. The zero-order chi connectivity index (χ0) is 8.97. The maximum atomic E-state index is 5.44. The number of nitrogen functional groups attached to an aromatic ring is 1. The van der Waals surface area contributed by atoms with Gasteiger partial charge in [-0.3, -0.25) is 0 Å². The molecule has 1 rings (SSSR count). The Morgan fingerprint density at radius 3 is 2.92 bits per heavy atom. The molecule has 0 aliphatic heterocycles. The van der Waals surface area contributed by atoms with Crippen LogP contribution in [0.25, 0.3) is 0 Å². The second-order valence-electron chi connectivity index (χ2n) is 2.36. The van der Waals surface area contributed by atoms with Crippen molar-refractivity contribution in [3.05, 3.63) is 10.7 Å². The summed E-state index contributed by atoms with van der Waals surface area (Å²) in [6.45, 7) is 2.98. The minimum Gasteiger partial charge on any atom is -0.370 e. The maximum absolute atomic E-state index is 5.44. The van der Waals surface area contributed by atoms with Crippen molar-refractivity contribution in [1.29, 1.82) is 0 Å². The summed E-state index contributed by atoms with van der Waals surface area (Å²) in [5.41, 5.74) is 5.44. The lowest BCUT2D eigenvalue weighted by Gasteiger charge is -2.03. The number of rotatable bonds is 3. The van der Waals surface area contributed by atoms with Gasteiger partial charge in [0.2, 0.25) is 5.95 Å². The molecule has 1 aromatic heterocycles. The van der Waals surface area contributed by atoms with Crippen LogP contribution >= 0.6 is 15.9 Å². The van der Waals surface area contributed by atoms with Crippen LogP contribution in [0, 0.1) is 0 Å². The molecule has 0 aliphatic carbocycles.